The molecule has 92 valence electrons. The summed E-state index contributed by atoms with van der Waals surface area (Å²) in [6.07, 6.45) is 7.78. The molecule has 2 fully saturated rings. The van der Waals surface area contributed by atoms with Crippen molar-refractivity contribution >= 4 is 0 Å². The lowest BCUT2D eigenvalue weighted by Gasteiger charge is -2.35. The van der Waals surface area contributed by atoms with Crippen molar-refractivity contribution in [2.75, 3.05) is 0 Å². The minimum Gasteiger partial charge on any atom is -0.472 e. The lowest BCUT2D eigenvalue weighted by atomic mass is 9.80. The zero-order chi connectivity index (χ0) is 11.8. The molecular weight excluding hydrogens is 212 g/mol. The molecule has 2 bridgehead atoms. The number of fused-ring (bicyclic) bond motifs is 7. The summed E-state index contributed by atoms with van der Waals surface area (Å²) in [5, 5.41) is 0. The SMILES string of the molecule is CC1(C)C[C@H]2[C@H]3OC(C)(Cc4cocc43)[C@H]2C1. The summed E-state index contributed by atoms with van der Waals surface area (Å²) in [4.78, 5) is 0. The van der Waals surface area contributed by atoms with Crippen LogP contribution < -0.4 is 0 Å². The fourth-order valence-corrected chi connectivity index (χ4v) is 4.63. The molecule has 17 heavy (non-hydrogen) atoms. The largest absolute Gasteiger partial charge is 0.472 e. The molecule has 1 saturated carbocycles. The van der Waals surface area contributed by atoms with E-state index in [0.717, 1.165) is 12.3 Å². The first-order valence-corrected chi connectivity index (χ1v) is 6.71. The van der Waals surface area contributed by atoms with Gasteiger partial charge in [-0.05, 0) is 42.6 Å². The molecule has 2 aliphatic heterocycles. The highest BCUT2D eigenvalue weighted by Gasteiger charge is 2.60. The summed E-state index contributed by atoms with van der Waals surface area (Å²) in [5.41, 5.74) is 3.25. The molecule has 4 atom stereocenters. The van der Waals surface area contributed by atoms with Crippen LogP contribution in [0, 0.1) is 17.3 Å². The van der Waals surface area contributed by atoms with Crippen LogP contribution in [0.2, 0.25) is 0 Å². The molecule has 0 radical (unpaired) electrons. The monoisotopic (exact) mass is 232 g/mol. The summed E-state index contributed by atoms with van der Waals surface area (Å²) in [6.45, 7) is 7.11. The van der Waals surface area contributed by atoms with E-state index in [2.05, 4.69) is 20.8 Å². The molecule has 4 rings (SSSR count). The topological polar surface area (TPSA) is 22.4 Å². The van der Waals surface area contributed by atoms with Gasteiger partial charge in [0.1, 0.15) is 0 Å². The molecule has 3 aliphatic rings. The Labute approximate surface area is 102 Å². The molecule has 0 aromatic carbocycles. The number of hydrogen-bond acceptors (Lipinski definition) is 2. The van der Waals surface area contributed by atoms with Crippen LogP contribution in [0.5, 0.6) is 0 Å². The van der Waals surface area contributed by atoms with Crippen LogP contribution >= 0.6 is 0 Å². The van der Waals surface area contributed by atoms with Crippen LogP contribution in [0.3, 0.4) is 0 Å². The number of rotatable bonds is 0. The van der Waals surface area contributed by atoms with Crippen LogP contribution in [0.1, 0.15) is 50.8 Å². The number of ether oxygens (including phenoxy) is 1. The molecule has 3 heterocycles. The zero-order valence-corrected chi connectivity index (χ0v) is 10.8. The Hall–Kier alpha value is -0.760. The van der Waals surface area contributed by atoms with Crippen molar-refractivity contribution in [1.82, 2.24) is 0 Å². The van der Waals surface area contributed by atoms with Gasteiger partial charge in [0.05, 0.1) is 24.2 Å². The second-order valence-corrected chi connectivity index (χ2v) is 7.22. The third-order valence-corrected chi connectivity index (χ3v) is 5.27. The first kappa shape index (κ1) is 10.2. The summed E-state index contributed by atoms with van der Waals surface area (Å²) < 4.78 is 11.8. The molecule has 1 aromatic rings. The molecular formula is C15H20O2. The van der Waals surface area contributed by atoms with Crippen molar-refractivity contribution in [1.29, 1.82) is 0 Å². The second kappa shape index (κ2) is 2.80. The maximum atomic E-state index is 6.37. The van der Waals surface area contributed by atoms with Crippen LogP contribution in [0.25, 0.3) is 0 Å². The van der Waals surface area contributed by atoms with E-state index in [4.69, 9.17) is 9.15 Å². The maximum absolute atomic E-state index is 6.37. The van der Waals surface area contributed by atoms with Crippen molar-refractivity contribution in [3.05, 3.63) is 23.7 Å². The van der Waals surface area contributed by atoms with Crippen molar-refractivity contribution in [2.45, 2.75) is 51.7 Å². The molecule has 2 heteroatoms. The van der Waals surface area contributed by atoms with Crippen molar-refractivity contribution in [2.24, 2.45) is 17.3 Å². The molecule has 0 amide bonds. The van der Waals surface area contributed by atoms with E-state index < -0.39 is 0 Å². The third-order valence-electron chi connectivity index (χ3n) is 5.27. The summed E-state index contributed by atoms with van der Waals surface area (Å²) in [6, 6.07) is 0. The van der Waals surface area contributed by atoms with Gasteiger partial charge in [-0.1, -0.05) is 13.8 Å². The van der Waals surface area contributed by atoms with Crippen molar-refractivity contribution in [3.8, 4) is 0 Å². The van der Waals surface area contributed by atoms with Gasteiger partial charge >= 0.3 is 0 Å². The molecule has 0 N–H and O–H groups in total. The smallest absolute Gasteiger partial charge is 0.0963 e. The predicted molar refractivity (Wildman–Crippen MR) is 64.6 cm³/mol. The van der Waals surface area contributed by atoms with Crippen LogP contribution in [0.15, 0.2) is 16.9 Å². The molecule has 1 aliphatic carbocycles. The van der Waals surface area contributed by atoms with Gasteiger partial charge in [-0.3, -0.25) is 0 Å². The third kappa shape index (κ3) is 1.20. The lowest BCUT2D eigenvalue weighted by Crippen LogP contribution is -2.36. The molecule has 1 saturated heterocycles. The Balaban J connectivity index is 1.82. The van der Waals surface area contributed by atoms with E-state index in [9.17, 15) is 0 Å². The lowest BCUT2D eigenvalue weighted by molar-refractivity contribution is -0.0683. The Bertz CT molecular complexity index is 473. The maximum Gasteiger partial charge on any atom is 0.0963 e. The van der Waals surface area contributed by atoms with E-state index >= 15 is 0 Å². The molecule has 0 spiro atoms. The van der Waals surface area contributed by atoms with Crippen LogP contribution in [-0.4, -0.2) is 5.60 Å². The molecule has 1 unspecified atom stereocenters. The average Bonchev–Trinajstić information content (AvgIpc) is 2.84. The van der Waals surface area contributed by atoms with Gasteiger partial charge in [-0.15, -0.1) is 0 Å². The van der Waals surface area contributed by atoms with Crippen LogP contribution in [0.4, 0.5) is 0 Å². The van der Waals surface area contributed by atoms with E-state index in [1.54, 1.807) is 0 Å². The van der Waals surface area contributed by atoms with Gasteiger partial charge in [-0.25, -0.2) is 0 Å². The van der Waals surface area contributed by atoms with Gasteiger partial charge in [-0.2, -0.15) is 0 Å². The van der Waals surface area contributed by atoms with E-state index in [1.807, 2.05) is 12.5 Å². The highest BCUT2D eigenvalue weighted by Crippen LogP contribution is 2.64. The molecule has 1 aromatic heterocycles. The Kier molecular flexibility index (Phi) is 1.68. The standard InChI is InChI=1S/C15H20O2/c1-14(2)5-10-12(6-14)15(3)4-9-7-16-8-11(9)13(10)17-15/h7-8,10,12-13H,4-6H2,1-3H3/t10-,12+,13-,15?/m1/s1. The van der Waals surface area contributed by atoms with Gasteiger partial charge in [0.25, 0.3) is 0 Å². The van der Waals surface area contributed by atoms with Crippen LogP contribution in [-0.2, 0) is 11.2 Å². The first-order chi connectivity index (χ1) is 7.99. The Morgan fingerprint density at radius 3 is 2.82 bits per heavy atom. The van der Waals surface area contributed by atoms with E-state index in [1.165, 1.54) is 24.0 Å². The number of furan rings is 1. The van der Waals surface area contributed by atoms with Gasteiger partial charge in [0, 0.05) is 12.0 Å². The van der Waals surface area contributed by atoms with Gasteiger partial charge in [0.2, 0.25) is 0 Å². The predicted octanol–water partition coefficient (Wildman–Crippen LogP) is 3.72. The minimum absolute atomic E-state index is 0.0555. The highest BCUT2D eigenvalue weighted by atomic mass is 16.5. The fourth-order valence-electron chi connectivity index (χ4n) is 4.63. The van der Waals surface area contributed by atoms with E-state index in [-0.39, 0.29) is 5.60 Å². The van der Waals surface area contributed by atoms with Gasteiger partial charge in [0.15, 0.2) is 0 Å². The summed E-state index contributed by atoms with van der Waals surface area (Å²) in [5.74, 6) is 1.43. The van der Waals surface area contributed by atoms with E-state index in [0.29, 0.717) is 17.4 Å². The van der Waals surface area contributed by atoms with Gasteiger partial charge < -0.3 is 9.15 Å². The van der Waals surface area contributed by atoms with Crippen molar-refractivity contribution in [3.63, 3.8) is 0 Å². The van der Waals surface area contributed by atoms with Crippen molar-refractivity contribution < 1.29 is 9.15 Å². The normalized spacial score (nSPS) is 45.7. The second-order valence-electron chi connectivity index (χ2n) is 7.22. The first-order valence-electron chi connectivity index (χ1n) is 6.71. The Morgan fingerprint density at radius 2 is 2.00 bits per heavy atom. The summed E-state index contributed by atoms with van der Waals surface area (Å²) in [7, 11) is 0. The highest BCUT2D eigenvalue weighted by molar-refractivity contribution is 5.33. The average molecular weight is 232 g/mol. The zero-order valence-electron chi connectivity index (χ0n) is 10.8. The summed E-state index contributed by atoms with van der Waals surface area (Å²) >= 11 is 0. The number of hydrogen-bond donors (Lipinski definition) is 0. The molecule has 2 nitrogen and oxygen atoms in total. The Morgan fingerprint density at radius 1 is 1.18 bits per heavy atom. The quantitative estimate of drug-likeness (QED) is 0.680. The minimum atomic E-state index is 0.0555. The fraction of sp³-hybridized carbons (Fsp3) is 0.733.